The highest BCUT2D eigenvalue weighted by atomic mass is 35.5. The Morgan fingerprint density at radius 2 is 2.13 bits per heavy atom. The topological polar surface area (TPSA) is 74.8 Å². The quantitative estimate of drug-likeness (QED) is 0.632. The van der Waals surface area contributed by atoms with Crippen LogP contribution >= 0.6 is 12.4 Å². The van der Waals surface area contributed by atoms with E-state index in [0.29, 0.717) is 5.96 Å². The van der Waals surface area contributed by atoms with Crippen molar-refractivity contribution < 1.29 is 0 Å². The fourth-order valence-electron chi connectivity index (χ4n) is 1.23. The third kappa shape index (κ3) is 4.88. The fourth-order valence-corrected chi connectivity index (χ4v) is 1.23. The van der Waals surface area contributed by atoms with Gasteiger partial charge in [0.15, 0.2) is 11.9 Å². The standard InChI is InChI=1S/C9H19N5.ClH/c1-4-5-6-11-8-12-7(10)13-9(2,3)14-8;/h4-6H2,1-3H3,(H4,10,11,12,13,14);1H. The molecule has 15 heavy (non-hydrogen) atoms. The summed E-state index contributed by atoms with van der Waals surface area (Å²) in [4.78, 5) is 8.54. The molecule has 0 aliphatic carbocycles. The molecule has 0 radical (unpaired) electrons. The Balaban J connectivity index is 0.00000196. The molecular weight excluding hydrogens is 214 g/mol. The van der Waals surface area contributed by atoms with Crippen LogP contribution in [0.15, 0.2) is 9.98 Å². The number of hydrogen-bond donors (Lipinski definition) is 3. The van der Waals surface area contributed by atoms with Gasteiger partial charge in [0.1, 0.15) is 5.66 Å². The van der Waals surface area contributed by atoms with Crippen LogP contribution in [0.25, 0.3) is 0 Å². The molecule has 6 heteroatoms. The van der Waals surface area contributed by atoms with Crippen LogP contribution in [0.1, 0.15) is 33.6 Å². The van der Waals surface area contributed by atoms with Crippen LogP contribution < -0.4 is 16.4 Å². The van der Waals surface area contributed by atoms with Gasteiger partial charge in [0.2, 0.25) is 0 Å². The van der Waals surface area contributed by atoms with Crippen molar-refractivity contribution in [2.24, 2.45) is 15.7 Å². The van der Waals surface area contributed by atoms with E-state index in [1.807, 2.05) is 13.8 Å². The largest absolute Gasteiger partial charge is 0.370 e. The number of aliphatic imine (C=N–C) groups is 2. The molecule has 0 aromatic rings. The van der Waals surface area contributed by atoms with Crippen molar-refractivity contribution in [3.05, 3.63) is 0 Å². The lowest BCUT2D eigenvalue weighted by molar-refractivity contribution is 0.467. The van der Waals surface area contributed by atoms with Crippen LogP contribution in [0.2, 0.25) is 0 Å². The first-order chi connectivity index (χ1) is 6.53. The second-order valence-corrected chi connectivity index (χ2v) is 3.89. The summed E-state index contributed by atoms with van der Waals surface area (Å²) in [5.74, 6) is 1.14. The minimum absolute atomic E-state index is 0. The van der Waals surface area contributed by atoms with Crippen LogP contribution in [0.4, 0.5) is 0 Å². The average Bonchev–Trinajstić information content (AvgIpc) is 2.00. The Morgan fingerprint density at radius 3 is 2.67 bits per heavy atom. The van der Waals surface area contributed by atoms with Crippen LogP contribution in [-0.4, -0.2) is 24.1 Å². The summed E-state index contributed by atoms with van der Waals surface area (Å²) in [6.45, 7) is 6.86. The Morgan fingerprint density at radius 1 is 1.47 bits per heavy atom. The van der Waals surface area contributed by atoms with E-state index in [0.717, 1.165) is 25.3 Å². The van der Waals surface area contributed by atoms with Crippen LogP contribution in [-0.2, 0) is 0 Å². The SMILES string of the molecule is CCCCN=C1NC(N)=NC(C)(C)N1.Cl. The number of rotatable bonds is 3. The van der Waals surface area contributed by atoms with Crippen molar-refractivity contribution >= 4 is 24.3 Å². The van der Waals surface area contributed by atoms with E-state index in [4.69, 9.17) is 5.73 Å². The molecule has 0 saturated carbocycles. The third-order valence-corrected chi connectivity index (χ3v) is 1.85. The van der Waals surface area contributed by atoms with Gasteiger partial charge in [0, 0.05) is 6.54 Å². The molecule has 1 heterocycles. The van der Waals surface area contributed by atoms with Crippen molar-refractivity contribution in [3.8, 4) is 0 Å². The smallest absolute Gasteiger partial charge is 0.199 e. The Labute approximate surface area is 97.0 Å². The maximum absolute atomic E-state index is 5.62. The molecule has 1 aliphatic rings. The van der Waals surface area contributed by atoms with Crippen molar-refractivity contribution in [3.63, 3.8) is 0 Å². The molecule has 4 N–H and O–H groups in total. The Kier molecular flexibility index (Phi) is 5.43. The second kappa shape index (κ2) is 5.80. The lowest BCUT2D eigenvalue weighted by Gasteiger charge is -2.29. The van der Waals surface area contributed by atoms with Gasteiger partial charge in [0.25, 0.3) is 0 Å². The molecule has 5 nitrogen and oxygen atoms in total. The molecule has 0 fully saturated rings. The predicted molar refractivity (Wildman–Crippen MR) is 66.4 cm³/mol. The molecule has 0 saturated heterocycles. The minimum atomic E-state index is -0.361. The first-order valence-corrected chi connectivity index (χ1v) is 4.98. The maximum atomic E-state index is 5.62. The van der Waals surface area contributed by atoms with Gasteiger partial charge in [0.05, 0.1) is 0 Å². The van der Waals surface area contributed by atoms with Crippen LogP contribution in [0, 0.1) is 0 Å². The lowest BCUT2D eigenvalue weighted by atomic mass is 10.2. The minimum Gasteiger partial charge on any atom is -0.370 e. The zero-order valence-corrected chi connectivity index (χ0v) is 10.3. The number of halogens is 1. The first-order valence-electron chi connectivity index (χ1n) is 4.98. The molecule has 0 spiro atoms. The molecule has 0 atom stereocenters. The molecule has 1 rings (SSSR count). The monoisotopic (exact) mass is 233 g/mol. The van der Waals surface area contributed by atoms with Gasteiger partial charge in [-0.1, -0.05) is 13.3 Å². The second-order valence-electron chi connectivity index (χ2n) is 3.89. The Hall–Kier alpha value is -0.970. The summed E-state index contributed by atoms with van der Waals surface area (Å²) in [7, 11) is 0. The van der Waals surface area contributed by atoms with E-state index < -0.39 is 0 Å². The van der Waals surface area contributed by atoms with Crippen molar-refractivity contribution in [1.82, 2.24) is 10.6 Å². The van der Waals surface area contributed by atoms with E-state index in [2.05, 4.69) is 27.5 Å². The summed E-state index contributed by atoms with van der Waals surface area (Å²) in [6, 6.07) is 0. The fraction of sp³-hybridized carbons (Fsp3) is 0.778. The Bertz CT molecular complexity index is 259. The molecule has 0 bridgehead atoms. The van der Waals surface area contributed by atoms with Gasteiger partial charge in [-0.3, -0.25) is 10.3 Å². The summed E-state index contributed by atoms with van der Waals surface area (Å²) in [6.07, 6.45) is 2.23. The highest BCUT2D eigenvalue weighted by molar-refractivity contribution is 6.00. The van der Waals surface area contributed by atoms with E-state index in [-0.39, 0.29) is 18.1 Å². The van der Waals surface area contributed by atoms with Gasteiger partial charge in [-0.25, -0.2) is 4.99 Å². The van der Waals surface area contributed by atoms with E-state index in [1.165, 1.54) is 0 Å². The van der Waals surface area contributed by atoms with E-state index in [9.17, 15) is 0 Å². The zero-order valence-electron chi connectivity index (χ0n) is 9.50. The van der Waals surface area contributed by atoms with Gasteiger partial charge in [-0.15, -0.1) is 12.4 Å². The molecule has 0 amide bonds. The third-order valence-electron chi connectivity index (χ3n) is 1.85. The molecule has 1 aliphatic heterocycles. The highest BCUT2D eigenvalue weighted by Gasteiger charge is 2.23. The van der Waals surface area contributed by atoms with Gasteiger partial charge in [-0.05, 0) is 20.3 Å². The van der Waals surface area contributed by atoms with E-state index >= 15 is 0 Å². The molecule has 0 aromatic carbocycles. The van der Waals surface area contributed by atoms with Crippen molar-refractivity contribution in [1.29, 1.82) is 0 Å². The van der Waals surface area contributed by atoms with Gasteiger partial charge < -0.3 is 11.1 Å². The summed E-state index contributed by atoms with van der Waals surface area (Å²) in [5.41, 5.74) is 5.26. The first kappa shape index (κ1) is 14.0. The van der Waals surface area contributed by atoms with Crippen molar-refractivity contribution in [2.45, 2.75) is 39.3 Å². The average molecular weight is 234 g/mol. The summed E-state index contributed by atoms with van der Waals surface area (Å²) < 4.78 is 0. The number of hydrogen-bond acceptors (Lipinski definition) is 3. The van der Waals surface area contributed by atoms with Gasteiger partial charge in [-0.2, -0.15) is 0 Å². The number of nitrogens with one attached hydrogen (secondary N) is 2. The van der Waals surface area contributed by atoms with Crippen LogP contribution in [0.5, 0.6) is 0 Å². The molecular formula is C9H20ClN5. The van der Waals surface area contributed by atoms with E-state index in [1.54, 1.807) is 0 Å². The normalized spacial score (nSPS) is 21.0. The lowest BCUT2D eigenvalue weighted by Crippen LogP contribution is -2.57. The zero-order chi connectivity index (χ0) is 10.6. The highest BCUT2D eigenvalue weighted by Crippen LogP contribution is 2.06. The molecule has 0 unspecified atom stereocenters. The number of nitrogens with zero attached hydrogens (tertiary/aromatic N) is 2. The molecule has 88 valence electrons. The number of nitrogens with two attached hydrogens (primary N) is 1. The maximum Gasteiger partial charge on any atom is 0.199 e. The number of guanidine groups is 2. The molecule has 0 aromatic heterocycles. The van der Waals surface area contributed by atoms with Gasteiger partial charge >= 0.3 is 0 Å². The predicted octanol–water partition coefficient (Wildman–Crippen LogP) is 0.808. The summed E-state index contributed by atoms with van der Waals surface area (Å²) in [5, 5.41) is 6.05. The van der Waals surface area contributed by atoms with Crippen molar-refractivity contribution in [2.75, 3.05) is 6.54 Å². The van der Waals surface area contributed by atoms with Crippen LogP contribution in [0.3, 0.4) is 0 Å². The summed E-state index contributed by atoms with van der Waals surface area (Å²) >= 11 is 0. The number of unbranched alkanes of at least 4 members (excludes halogenated alkanes) is 1.